The molecule has 0 aromatic carbocycles. The van der Waals surface area contributed by atoms with Crippen molar-refractivity contribution in [2.24, 2.45) is 0 Å². The summed E-state index contributed by atoms with van der Waals surface area (Å²) in [5, 5.41) is 21.1. The van der Waals surface area contributed by atoms with Gasteiger partial charge in [-0.1, -0.05) is 5.21 Å². The Balaban J connectivity index is 1.83. The number of hydrogen-bond acceptors (Lipinski definition) is 7. The maximum absolute atomic E-state index is 11.5. The number of esters is 1. The lowest BCUT2D eigenvalue weighted by Crippen LogP contribution is -2.05. The second kappa shape index (κ2) is 5.90. The van der Waals surface area contributed by atoms with Gasteiger partial charge in [-0.2, -0.15) is 5.10 Å². The molecule has 0 unspecified atom stereocenters. The third-order valence-electron chi connectivity index (χ3n) is 3.01. The van der Waals surface area contributed by atoms with Crippen LogP contribution >= 0.6 is 0 Å². The first-order valence-corrected chi connectivity index (χ1v) is 6.71. The molecule has 3 heterocycles. The van der Waals surface area contributed by atoms with E-state index in [-0.39, 0.29) is 18.9 Å². The van der Waals surface area contributed by atoms with Crippen LogP contribution in [0, 0.1) is 0 Å². The average Bonchev–Trinajstić information content (AvgIpc) is 3.13. The van der Waals surface area contributed by atoms with Gasteiger partial charge >= 0.3 is 5.97 Å². The third kappa shape index (κ3) is 2.66. The summed E-state index contributed by atoms with van der Waals surface area (Å²) in [4.78, 5) is 15.9. The highest BCUT2D eigenvalue weighted by Gasteiger charge is 2.13. The van der Waals surface area contributed by atoms with E-state index in [9.17, 15) is 9.90 Å². The summed E-state index contributed by atoms with van der Waals surface area (Å²) < 4.78 is 7.94. The normalized spacial score (nSPS) is 11.0. The fourth-order valence-corrected chi connectivity index (χ4v) is 2.03. The van der Waals surface area contributed by atoms with E-state index in [4.69, 9.17) is 4.74 Å². The number of aromatic nitrogens is 6. The van der Waals surface area contributed by atoms with E-state index < -0.39 is 5.97 Å². The Labute approximate surface area is 125 Å². The van der Waals surface area contributed by atoms with Crippen LogP contribution in [0.4, 0.5) is 0 Å². The Morgan fingerprint density at radius 2 is 2.27 bits per heavy atom. The number of aliphatic hydroxyl groups is 1. The number of rotatable bonds is 5. The molecule has 0 aliphatic heterocycles. The van der Waals surface area contributed by atoms with Crippen molar-refractivity contribution < 1.29 is 14.6 Å². The molecule has 22 heavy (non-hydrogen) atoms. The van der Waals surface area contributed by atoms with Crippen LogP contribution in [0.25, 0.3) is 5.65 Å². The van der Waals surface area contributed by atoms with Gasteiger partial charge in [0.25, 0.3) is 0 Å². The fraction of sp³-hybridized carbons (Fsp3) is 0.308. The van der Waals surface area contributed by atoms with Crippen molar-refractivity contribution in [2.75, 3.05) is 6.61 Å². The number of imidazole rings is 1. The minimum absolute atomic E-state index is 0.112. The standard InChI is InChI=1S/C13H14N6O3/c1-2-22-13(21)11-7-18(17-16-11)5-10-6-19-12(15-10)9(8-20)3-4-14-19/h3-4,6-7,20H,2,5,8H2,1H3. The van der Waals surface area contributed by atoms with E-state index in [0.717, 1.165) is 0 Å². The van der Waals surface area contributed by atoms with E-state index in [0.29, 0.717) is 23.4 Å². The first kappa shape index (κ1) is 14.1. The molecule has 9 heteroatoms. The highest BCUT2D eigenvalue weighted by Crippen LogP contribution is 2.10. The number of nitrogens with zero attached hydrogens (tertiary/aromatic N) is 6. The smallest absolute Gasteiger partial charge is 0.360 e. The first-order chi connectivity index (χ1) is 10.7. The number of hydrogen-bond donors (Lipinski definition) is 1. The van der Waals surface area contributed by atoms with Crippen molar-refractivity contribution in [3.8, 4) is 0 Å². The van der Waals surface area contributed by atoms with Gasteiger partial charge in [-0.3, -0.25) is 0 Å². The summed E-state index contributed by atoms with van der Waals surface area (Å²) in [6.45, 7) is 2.23. The molecule has 9 nitrogen and oxygen atoms in total. The number of fused-ring (bicyclic) bond motifs is 1. The van der Waals surface area contributed by atoms with E-state index in [1.54, 1.807) is 29.9 Å². The molecular formula is C13H14N6O3. The Bertz CT molecular complexity index is 809. The molecule has 0 amide bonds. The molecule has 0 aliphatic rings. The zero-order valence-corrected chi connectivity index (χ0v) is 11.9. The molecule has 3 aromatic rings. The Morgan fingerprint density at radius 1 is 1.41 bits per heavy atom. The second-order valence-corrected chi connectivity index (χ2v) is 4.54. The van der Waals surface area contributed by atoms with Crippen LogP contribution in [-0.4, -0.2) is 47.3 Å². The molecule has 0 spiro atoms. The average molecular weight is 302 g/mol. The lowest BCUT2D eigenvalue weighted by Gasteiger charge is -1.96. The number of ether oxygens (including phenoxy) is 1. The van der Waals surface area contributed by atoms with Crippen LogP contribution in [0.2, 0.25) is 0 Å². The molecule has 1 N–H and O–H groups in total. The van der Waals surface area contributed by atoms with E-state index in [2.05, 4.69) is 20.4 Å². The third-order valence-corrected chi connectivity index (χ3v) is 3.01. The van der Waals surface area contributed by atoms with Gasteiger partial charge in [-0.25, -0.2) is 19.0 Å². The van der Waals surface area contributed by atoms with Crippen molar-refractivity contribution in [2.45, 2.75) is 20.1 Å². The van der Waals surface area contributed by atoms with Crippen LogP contribution in [0.15, 0.2) is 24.7 Å². The molecule has 3 aromatic heterocycles. The van der Waals surface area contributed by atoms with Crippen molar-refractivity contribution in [1.29, 1.82) is 0 Å². The van der Waals surface area contributed by atoms with Crippen molar-refractivity contribution in [1.82, 2.24) is 29.6 Å². The molecule has 0 fully saturated rings. The second-order valence-electron chi connectivity index (χ2n) is 4.54. The van der Waals surface area contributed by atoms with Gasteiger partial charge in [0.15, 0.2) is 11.3 Å². The molecule has 0 bridgehead atoms. The van der Waals surface area contributed by atoms with E-state index >= 15 is 0 Å². The topological polar surface area (TPSA) is 107 Å². The first-order valence-electron chi connectivity index (χ1n) is 6.71. The van der Waals surface area contributed by atoms with Gasteiger partial charge in [0, 0.05) is 11.8 Å². The molecular weight excluding hydrogens is 288 g/mol. The molecule has 0 aliphatic carbocycles. The lowest BCUT2D eigenvalue weighted by atomic mass is 10.3. The summed E-state index contributed by atoms with van der Waals surface area (Å²) in [6, 6.07) is 1.71. The fourth-order valence-electron chi connectivity index (χ4n) is 2.03. The quantitative estimate of drug-likeness (QED) is 0.663. The summed E-state index contributed by atoms with van der Waals surface area (Å²) in [5.41, 5.74) is 2.12. The predicted octanol–water partition coefficient (Wildman–Crippen LogP) is 0.0381. The Kier molecular flexibility index (Phi) is 3.79. The minimum Gasteiger partial charge on any atom is -0.461 e. The maximum atomic E-state index is 11.5. The SMILES string of the molecule is CCOC(=O)c1cn(Cc2cn3nccc(CO)c3n2)nn1. The Morgan fingerprint density at radius 3 is 3.05 bits per heavy atom. The summed E-state index contributed by atoms with van der Waals surface area (Å²) in [5.74, 6) is -0.506. The molecule has 0 atom stereocenters. The van der Waals surface area contributed by atoms with Crippen molar-refractivity contribution in [3.63, 3.8) is 0 Å². The van der Waals surface area contributed by atoms with Gasteiger partial charge in [0.05, 0.1) is 37.8 Å². The molecule has 3 rings (SSSR count). The molecule has 114 valence electrons. The van der Waals surface area contributed by atoms with Crippen molar-refractivity contribution in [3.05, 3.63) is 41.6 Å². The van der Waals surface area contributed by atoms with Crippen molar-refractivity contribution >= 4 is 11.6 Å². The van der Waals surface area contributed by atoms with Crippen LogP contribution in [-0.2, 0) is 17.9 Å². The monoisotopic (exact) mass is 302 g/mol. The highest BCUT2D eigenvalue weighted by atomic mass is 16.5. The molecule has 0 saturated heterocycles. The molecule has 0 saturated carbocycles. The van der Waals surface area contributed by atoms with Gasteiger partial charge < -0.3 is 9.84 Å². The zero-order chi connectivity index (χ0) is 15.5. The van der Waals surface area contributed by atoms with E-state index in [1.165, 1.54) is 10.9 Å². The van der Waals surface area contributed by atoms with Gasteiger partial charge in [-0.05, 0) is 13.0 Å². The highest BCUT2D eigenvalue weighted by molar-refractivity contribution is 5.86. The maximum Gasteiger partial charge on any atom is 0.360 e. The van der Waals surface area contributed by atoms with Crippen LogP contribution < -0.4 is 0 Å². The van der Waals surface area contributed by atoms with Crippen LogP contribution in [0.1, 0.15) is 28.7 Å². The summed E-state index contributed by atoms with van der Waals surface area (Å²) in [7, 11) is 0. The molecule has 0 radical (unpaired) electrons. The van der Waals surface area contributed by atoms with E-state index in [1.807, 2.05) is 0 Å². The number of aliphatic hydroxyl groups excluding tert-OH is 1. The van der Waals surface area contributed by atoms with Gasteiger partial charge in [0.1, 0.15) is 0 Å². The lowest BCUT2D eigenvalue weighted by molar-refractivity contribution is 0.0519. The zero-order valence-electron chi connectivity index (χ0n) is 11.9. The predicted molar refractivity (Wildman–Crippen MR) is 74.0 cm³/mol. The summed E-state index contributed by atoms with van der Waals surface area (Å²) in [6.07, 6.45) is 4.83. The number of carbonyl (C=O) groups excluding carboxylic acids is 1. The van der Waals surface area contributed by atoms with Gasteiger partial charge in [0.2, 0.25) is 0 Å². The van der Waals surface area contributed by atoms with Gasteiger partial charge in [-0.15, -0.1) is 5.10 Å². The van der Waals surface area contributed by atoms with Crippen LogP contribution in [0.5, 0.6) is 0 Å². The minimum atomic E-state index is -0.506. The largest absolute Gasteiger partial charge is 0.461 e. The number of carbonyl (C=O) groups is 1. The Hall–Kier alpha value is -2.81. The summed E-state index contributed by atoms with van der Waals surface area (Å²) >= 11 is 0. The van der Waals surface area contributed by atoms with Crippen LogP contribution in [0.3, 0.4) is 0 Å².